The summed E-state index contributed by atoms with van der Waals surface area (Å²) in [6, 6.07) is 28.6. The summed E-state index contributed by atoms with van der Waals surface area (Å²) in [5, 5.41) is 0. The Morgan fingerprint density at radius 3 is 2.04 bits per heavy atom. The van der Waals surface area contributed by atoms with Crippen LogP contribution in [-0.4, -0.2) is 0 Å². The molecule has 0 saturated carbocycles. The van der Waals surface area contributed by atoms with E-state index in [1.807, 2.05) is 66.7 Å². The molecule has 0 amide bonds. The lowest BCUT2D eigenvalue weighted by Crippen LogP contribution is -1.96. The van der Waals surface area contributed by atoms with E-state index in [4.69, 9.17) is 4.74 Å². The monoisotopic (exact) mass is 312 g/mol. The Balaban J connectivity index is 1.65. The van der Waals surface area contributed by atoms with Crippen molar-refractivity contribution >= 4 is 12.2 Å². The summed E-state index contributed by atoms with van der Waals surface area (Å²) in [5.74, 6) is 0.894. The number of hydrogen-bond acceptors (Lipinski definition) is 1. The normalized spacial score (nSPS) is 11.2. The SMILES string of the molecule is C(C=Cc1ccccc1OCc1ccccc1)=Cc1ccccc1. The quantitative estimate of drug-likeness (QED) is 0.508. The number of benzene rings is 3. The van der Waals surface area contributed by atoms with Crippen LogP contribution >= 0.6 is 0 Å². The highest BCUT2D eigenvalue weighted by molar-refractivity contribution is 5.61. The molecule has 0 radical (unpaired) electrons. The maximum absolute atomic E-state index is 5.96. The molecule has 0 atom stereocenters. The third kappa shape index (κ3) is 4.72. The summed E-state index contributed by atoms with van der Waals surface area (Å²) >= 11 is 0. The van der Waals surface area contributed by atoms with Crippen LogP contribution in [0.25, 0.3) is 12.2 Å². The van der Waals surface area contributed by atoms with Gasteiger partial charge in [-0.2, -0.15) is 0 Å². The second-order valence-corrected chi connectivity index (χ2v) is 5.44. The van der Waals surface area contributed by atoms with Gasteiger partial charge in [0.05, 0.1) is 0 Å². The fourth-order valence-corrected chi connectivity index (χ4v) is 2.38. The molecule has 0 N–H and O–H groups in total. The first-order chi connectivity index (χ1) is 11.9. The van der Waals surface area contributed by atoms with Crippen LogP contribution in [0.1, 0.15) is 16.7 Å². The zero-order chi connectivity index (χ0) is 16.5. The molecule has 3 aromatic carbocycles. The van der Waals surface area contributed by atoms with Crippen molar-refractivity contribution in [3.05, 3.63) is 114 Å². The molecule has 0 aliphatic heterocycles. The van der Waals surface area contributed by atoms with Crippen LogP contribution in [0.5, 0.6) is 5.75 Å². The zero-order valence-electron chi connectivity index (χ0n) is 13.5. The van der Waals surface area contributed by atoms with Gasteiger partial charge in [0.25, 0.3) is 0 Å². The molecular weight excluding hydrogens is 292 g/mol. The van der Waals surface area contributed by atoms with Crippen molar-refractivity contribution in [2.24, 2.45) is 0 Å². The minimum absolute atomic E-state index is 0.575. The van der Waals surface area contributed by atoms with E-state index in [0.717, 1.165) is 11.3 Å². The Bertz CT molecular complexity index is 802. The molecule has 3 aromatic rings. The molecule has 1 heteroatoms. The van der Waals surface area contributed by atoms with Gasteiger partial charge in [0.2, 0.25) is 0 Å². The van der Waals surface area contributed by atoms with Gasteiger partial charge in [-0.1, -0.05) is 103 Å². The molecule has 0 fully saturated rings. The summed E-state index contributed by atoms with van der Waals surface area (Å²) in [4.78, 5) is 0. The number of ether oxygens (including phenoxy) is 1. The minimum Gasteiger partial charge on any atom is -0.488 e. The van der Waals surface area contributed by atoms with E-state index in [2.05, 4.69) is 42.5 Å². The summed E-state index contributed by atoms with van der Waals surface area (Å²) in [6.07, 6.45) is 8.24. The van der Waals surface area contributed by atoms with Crippen LogP contribution < -0.4 is 4.74 Å². The highest BCUT2D eigenvalue weighted by atomic mass is 16.5. The first-order valence-corrected chi connectivity index (χ1v) is 8.07. The van der Waals surface area contributed by atoms with Gasteiger partial charge >= 0.3 is 0 Å². The Morgan fingerprint density at radius 2 is 1.25 bits per heavy atom. The zero-order valence-corrected chi connectivity index (χ0v) is 13.5. The van der Waals surface area contributed by atoms with Crippen LogP contribution in [0.4, 0.5) is 0 Å². The summed E-state index contributed by atoms with van der Waals surface area (Å²) in [6.45, 7) is 0.575. The van der Waals surface area contributed by atoms with E-state index >= 15 is 0 Å². The van der Waals surface area contributed by atoms with E-state index in [9.17, 15) is 0 Å². The maximum Gasteiger partial charge on any atom is 0.127 e. The van der Waals surface area contributed by atoms with E-state index in [-0.39, 0.29) is 0 Å². The topological polar surface area (TPSA) is 9.23 Å². The van der Waals surface area contributed by atoms with Gasteiger partial charge in [-0.05, 0) is 17.2 Å². The molecule has 3 rings (SSSR count). The molecule has 0 aliphatic rings. The summed E-state index contributed by atoms with van der Waals surface area (Å²) < 4.78 is 5.96. The fraction of sp³-hybridized carbons (Fsp3) is 0.0435. The molecule has 0 saturated heterocycles. The van der Waals surface area contributed by atoms with E-state index in [0.29, 0.717) is 6.61 Å². The lowest BCUT2D eigenvalue weighted by molar-refractivity contribution is 0.305. The second kappa shape index (κ2) is 8.54. The molecule has 0 unspecified atom stereocenters. The molecule has 1 nitrogen and oxygen atoms in total. The Labute approximate surface area is 143 Å². The van der Waals surface area contributed by atoms with Crippen LogP contribution in [0.2, 0.25) is 0 Å². The first-order valence-electron chi connectivity index (χ1n) is 8.07. The molecule has 0 heterocycles. The second-order valence-electron chi connectivity index (χ2n) is 5.44. The Kier molecular flexibility index (Phi) is 5.63. The van der Waals surface area contributed by atoms with E-state index in [1.165, 1.54) is 11.1 Å². The smallest absolute Gasteiger partial charge is 0.127 e. The van der Waals surface area contributed by atoms with Crippen molar-refractivity contribution in [2.45, 2.75) is 6.61 Å². The lowest BCUT2D eigenvalue weighted by Gasteiger charge is -2.09. The van der Waals surface area contributed by atoms with Gasteiger partial charge < -0.3 is 4.74 Å². The molecular formula is C23H20O. The number of rotatable bonds is 6. The standard InChI is InChI=1S/C23H20O/c1-3-11-20(12-4-1)13-7-8-16-22-17-9-10-18-23(22)24-19-21-14-5-2-6-15-21/h1-18H,19H2. The van der Waals surface area contributed by atoms with Crippen LogP contribution in [0, 0.1) is 0 Å². The number of hydrogen-bond donors (Lipinski definition) is 0. The highest BCUT2D eigenvalue weighted by Gasteiger charge is 2.00. The number of para-hydroxylation sites is 1. The van der Waals surface area contributed by atoms with Crippen LogP contribution in [0.3, 0.4) is 0 Å². The fourth-order valence-electron chi connectivity index (χ4n) is 2.38. The third-order valence-electron chi connectivity index (χ3n) is 3.63. The number of allylic oxidation sites excluding steroid dienone is 2. The first kappa shape index (κ1) is 15.8. The Morgan fingerprint density at radius 1 is 0.625 bits per heavy atom. The van der Waals surface area contributed by atoms with Gasteiger partial charge in [0.15, 0.2) is 0 Å². The molecule has 118 valence electrons. The molecule has 0 bridgehead atoms. The van der Waals surface area contributed by atoms with E-state index < -0.39 is 0 Å². The minimum atomic E-state index is 0.575. The van der Waals surface area contributed by atoms with Gasteiger partial charge in [-0.15, -0.1) is 0 Å². The highest BCUT2D eigenvalue weighted by Crippen LogP contribution is 2.21. The van der Waals surface area contributed by atoms with E-state index in [1.54, 1.807) is 0 Å². The average molecular weight is 312 g/mol. The summed E-state index contributed by atoms with van der Waals surface area (Å²) in [5.41, 5.74) is 3.43. The lowest BCUT2D eigenvalue weighted by atomic mass is 10.1. The Hall–Kier alpha value is -3.06. The van der Waals surface area contributed by atoms with Gasteiger partial charge in [0, 0.05) is 5.56 Å². The largest absolute Gasteiger partial charge is 0.488 e. The maximum atomic E-state index is 5.96. The predicted octanol–water partition coefficient (Wildman–Crippen LogP) is 5.99. The predicted molar refractivity (Wildman–Crippen MR) is 102 cm³/mol. The summed E-state index contributed by atoms with van der Waals surface area (Å²) in [7, 11) is 0. The van der Waals surface area contributed by atoms with Crippen molar-refractivity contribution < 1.29 is 4.74 Å². The van der Waals surface area contributed by atoms with Crippen LogP contribution in [0.15, 0.2) is 97.1 Å². The van der Waals surface area contributed by atoms with Crippen molar-refractivity contribution in [1.82, 2.24) is 0 Å². The molecule has 0 spiro atoms. The molecule has 24 heavy (non-hydrogen) atoms. The van der Waals surface area contributed by atoms with Crippen molar-refractivity contribution in [2.75, 3.05) is 0 Å². The molecule has 0 aliphatic carbocycles. The molecule has 0 aromatic heterocycles. The van der Waals surface area contributed by atoms with Crippen molar-refractivity contribution in [3.63, 3.8) is 0 Å². The van der Waals surface area contributed by atoms with Gasteiger partial charge in [0.1, 0.15) is 12.4 Å². The average Bonchev–Trinajstić information content (AvgIpc) is 2.66. The van der Waals surface area contributed by atoms with Gasteiger partial charge in [-0.3, -0.25) is 0 Å². The van der Waals surface area contributed by atoms with Crippen molar-refractivity contribution in [1.29, 1.82) is 0 Å². The van der Waals surface area contributed by atoms with Crippen molar-refractivity contribution in [3.8, 4) is 5.75 Å². The van der Waals surface area contributed by atoms with Gasteiger partial charge in [-0.25, -0.2) is 0 Å². The van der Waals surface area contributed by atoms with Crippen LogP contribution in [-0.2, 0) is 6.61 Å². The third-order valence-corrected chi connectivity index (χ3v) is 3.63.